The molecule has 0 saturated carbocycles. The first-order valence-corrected chi connectivity index (χ1v) is 11.2. The number of hydrogen-bond acceptors (Lipinski definition) is 4. The molecule has 1 N–H and O–H groups in total. The Labute approximate surface area is 185 Å². The predicted octanol–water partition coefficient (Wildman–Crippen LogP) is 5.45. The molecule has 0 atom stereocenters. The summed E-state index contributed by atoms with van der Waals surface area (Å²) in [6.07, 6.45) is 8.07. The van der Waals surface area contributed by atoms with E-state index in [2.05, 4.69) is 42.2 Å². The number of nitrogens with zero attached hydrogens (tertiary/aromatic N) is 4. The van der Waals surface area contributed by atoms with Crippen molar-refractivity contribution in [2.24, 2.45) is 0 Å². The molecule has 0 spiro atoms. The zero-order valence-electron chi connectivity index (χ0n) is 19.2. The van der Waals surface area contributed by atoms with E-state index in [-0.39, 0.29) is 6.03 Å². The van der Waals surface area contributed by atoms with Gasteiger partial charge >= 0.3 is 6.03 Å². The highest BCUT2D eigenvalue weighted by Gasteiger charge is 2.13. The Morgan fingerprint density at radius 3 is 2.52 bits per heavy atom. The van der Waals surface area contributed by atoms with E-state index >= 15 is 0 Å². The average Bonchev–Trinajstić information content (AvgIpc) is 3.19. The molecule has 31 heavy (non-hydrogen) atoms. The van der Waals surface area contributed by atoms with Gasteiger partial charge in [-0.1, -0.05) is 31.0 Å². The zero-order chi connectivity index (χ0) is 22.2. The predicted molar refractivity (Wildman–Crippen MR) is 130 cm³/mol. The summed E-state index contributed by atoms with van der Waals surface area (Å²) >= 11 is 0. The third kappa shape index (κ3) is 6.00. The van der Waals surface area contributed by atoms with E-state index in [9.17, 15) is 4.79 Å². The normalized spacial score (nSPS) is 11.1. The van der Waals surface area contributed by atoms with Crippen LogP contribution in [0, 0.1) is 0 Å². The molecule has 0 radical (unpaired) electrons. The average molecular weight is 422 g/mol. The molecule has 0 unspecified atom stereocenters. The van der Waals surface area contributed by atoms with Crippen LogP contribution in [0.3, 0.4) is 0 Å². The number of pyridine rings is 1. The fraction of sp³-hybridized carbons (Fsp3) is 0.440. The maximum Gasteiger partial charge on any atom is 0.328 e. The molecular weight excluding hydrogens is 386 g/mol. The summed E-state index contributed by atoms with van der Waals surface area (Å²) < 4.78 is 1.74. The highest BCUT2D eigenvalue weighted by molar-refractivity contribution is 5.91. The van der Waals surface area contributed by atoms with E-state index in [1.54, 1.807) is 4.57 Å². The molecule has 0 saturated heterocycles. The molecule has 166 valence electrons. The summed E-state index contributed by atoms with van der Waals surface area (Å²) in [5, 5.41) is 4.56. The van der Waals surface area contributed by atoms with Crippen LogP contribution in [0.25, 0.3) is 10.9 Å². The lowest BCUT2D eigenvalue weighted by atomic mass is 10.2. The van der Waals surface area contributed by atoms with Crippen LogP contribution in [0.1, 0.15) is 39.5 Å². The summed E-state index contributed by atoms with van der Waals surface area (Å²) in [7, 11) is 3.98. The molecule has 6 nitrogen and oxygen atoms in total. The Morgan fingerprint density at radius 2 is 1.74 bits per heavy atom. The minimum atomic E-state index is 0.0290. The van der Waals surface area contributed by atoms with E-state index in [1.165, 1.54) is 0 Å². The quantitative estimate of drug-likeness (QED) is 0.442. The smallest absolute Gasteiger partial charge is 0.328 e. The van der Waals surface area contributed by atoms with Gasteiger partial charge in [-0.15, -0.1) is 0 Å². The van der Waals surface area contributed by atoms with Crippen molar-refractivity contribution in [1.82, 2.24) is 14.5 Å². The second-order valence-corrected chi connectivity index (χ2v) is 8.46. The van der Waals surface area contributed by atoms with Gasteiger partial charge in [0, 0.05) is 51.0 Å². The Morgan fingerprint density at radius 1 is 1.00 bits per heavy atom. The lowest BCUT2D eigenvalue weighted by Crippen LogP contribution is -2.31. The van der Waals surface area contributed by atoms with Crippen molar-refractivity contribution in [3.63, 3.8) is 0 Å². The maximum absolute atomic E-state index is 12.8. The number of hydrogen-bond donors (Lipinski definition) is 1. The topological polar surface area (TPSA) is 53.4 Å². The molecule has 3 rings (SSSR count). The molecule has 2 aromatic heterocycles. The van der Waals surface area contributed by atoms with Gasteiger partial charge in [-0.25, -0.2) is 9.78 Å². The van der Waals surface area contributed by atoms with Gasteiger partial charge in [-0.3, -0.25) is 4.57 Å². The van der Waals surface area contributed by atoms with Crippen molar-refractivity contribution in [1.29, 1.82) is 0 Å². The van der Waals surface area contributed by atoms with Crippen molar-refractivity contribution < 1.29 is 4.79 Å². The van der Waals surface area contributed by atoms with Crippen LogP contribution < -0.4 is 10.2 Å². The number of unbranched alkanes of at least 4 members (excludes halogenated alkanes) is 3. The summed E-state index contributed by atoms with van der Waals surface area (Å²) in [6, 6.07) is 14.4. The van der Waals surface area contributed by atoms with Crippen LogP contribution in [-0.2, 0) is 0 Å². The van der Waals surface area contributed by atoms with Crippen LogP contribution in [-0.4, -0.2) is 53.7 Å². The van der Waals surface area contributed by atoms with Gasteiger partial charge < -0.3 is 15.1 Å². The van der Waals surface area contributed by atoms with Crippen LogP contribution in [0.4, 0.5) is 16.3 Å². The van der Waals surface area contributed by atoms with Gasteiger partial charge in [0.05, 0.1) is 11.2 Å². The van der Waals surface area contributed by atoms with Crippen LogP contribution in [0.5, 0.6) is 0 Å². The number of aromatic nitrogens is 2. The third-order valence-corrected chi connectivity index (χ3v) is 5.46. The van der Waals surface area contributed by atoms with Gasteiger partial charge in [0.2, 0.25) is 0 Å². The molecule has 2 heterocycles. The molecule has 0 aliphatic carbocycles. The van der Waals surface area contributed by atoms with Crippen molar-refractivity contribution in [3.05, 3.63) is 54.9 Å². The lowest BCUT2D eigenvalue weighted by Gasteiger charge is -2.23. The Hall–Kier alpha value is -3.02. The monoisotopic (exact) mass is 421 g/mol. The first kappa shape index (κ1) is 22.7. The van der Waals surface area contributed by atoms with E-state index in [0.29, 0.717) is 6.04 Å². The standard InChI is InChI=1S/C25H35N5O/c1-20(2)27-22-13-11-16-26-24(22)28(3)17-9-5-6-10-18-29(4)25(31)30-19-15-21-12-7-8-14-23(21)30/h7-8,11-16,19-20,27H,5-6,9-10,17-18H2,1-4H3. The Bertz CT molecular complexity index is 981. The van der Waals surface area contributed by atoms with Crippen LogP contribution in [0.2, 0.25) is 0 Å². The molecule has 1 amide bonds. The molecule has 0 aliphatic rings. The first-order chi connectivity index (χ1) is 15.0. The van der Waals surface area contributed by atoms with Crippen molar-refractivity contribution in [3.8, 4) is 0 Å². The van der Waals surface area contributed by atoms with Crippen molar-refractivity contribution >= 4 is 28.4 Å². The Kier molecular flexibility index (Phi) is 7.93. The van der Waals surface area contributed by atoms with Crippen molar-refractivity contribution in [2.45, 2.75) is 45.6 Å². The second kappa shape index (κ2) is 10.8. The molecule has 0 bridgehead atoms. The van der Waals surface area contributed by atoms with E-state index in [0.717, 1.165) is 61.2 Å². The number of benzene rings is 1. The van der Waals surface area contributed by atoms with Crippen molar-refractivity contribution in [2.75, 3.05) is 37.4 Å². The minimum Gasteiger partial charge on any atom is -0.380 e. The zero-order valence-corrected chi connectivity index (χ0v) is 19.2. The van der Waals surface area contributed by atoms with E-state index in [1.807, 2.05) is 60.7 Å². The SMILES string of the molecule is CC(C)Nc1cccnc1N(C)CCCCCCN(C)C(=O)n1ccc2ccccc21. The number of fused-ring (bicyclic) bond motifs is 1. The van der Waals surface area contributed by atoms with Gasteiger partial charge in [0.15, 0.2) is 5.82 Å². The van der Waals surface area contributed by atoms with E-state index < -0.39 is 0 Å². The van der Waals surface area contributed by atoms with E-state index in [4.69, 9.17) is 0 Å². The van der Waals surface area contributed by atoms with Gasteiger partial charge in [0.1, 0.15) is 0 Å². The maximum atomic E-state index is 12.8. The minimum absolute atomic E-state index is 0.0290. The second-order valence-electron chi connectivity index (χ2n) is 8.46. The Balaban J connectivity index is 1.39. The number of carbonyl (C=O) groups excluding carboxylic acids is 1. The van der Waals surface area contributed by atoms with Gasteiger partial charge in [-0.05, 0) is 51.0 Å². The van der Waals surface area contributed by atoms with Crippen LogP contribution >= 0.6 is 0 Å². The molecule has 3 aromatic rings. The number of nitrogens with one attached hydrogen (secondary N) is 1. The number of carbonyl (C=O) groups is 1. The highest BCUT2D eigenvalue weighted by atomic mass is 16.2. The lowest BCUT2D eigenvalue weighted by molar-refractivity contribution is 0.210. The summed E-state index contributed by atoms with van der Waals surface area (Å²) in [6.45, 7) is 6.01. The summed E-state index contributed by atoms with van der Waals surface area (Å²) in [4.78, 5) is 21.4. The number of rotatable bonds is 10. The van der Waals surface area contributed by atoms with Crippen LogP contribution in [0.15, 0.2) is 54.9 Å². The molecule has 1 aromatic carbocycles. The number of amides is 1. The van der Waals surface area contributed by atoms with Gasteiger partial charge in [0.25, 0.3) is 0 Å². The fourth-order valence-electron chi connectivity index (χ4n) is 3.81. The summed E-state index contributed by atoms with van der Waals surface area (Å²) in [5.41, 5.74) is 2.04. The van der Waals surface area contributed by atoms with Gasteiger partial charge in [-0.2, -0.15) is 0 Å². The first-order valence-electron chi connectivity index (χ1n) is 11.2. The fourth-order valence-corrected chi connectivity index (χ4v) is 3.81. The molecule has 0 aliphatic heterocycles. The number of para-hydroxylation sites is 1. The molecule has 0 fully saturated rings. The summed E-state index contributed by atoms with van der Waals surface area (Å²) in [5.74, 6) is 1.00. The molecule has 6 heteroatoms. The number of anilines is 2. The largest absolute Gasteiger partial charge is 0.380 e. The molecular formula is C25H35N5O. The highest BCUT2D eigenvalue weighted by Crippen LogP contribution is 2.22. The third-order valence-electron chi connectivity index (χ3n) is 5.46.